The summed E-state index contributed by atoms with van der Waals surface area (Å²) in [7, 11) is 0. The number of aryl methyl sites for hydroxylation is 3. The molecule has 1 aliphatic heterocycles. The van der Waals surface area contributed by atoms with Crippen molar-refractivity contribution in [3.8, 4) is 0 Å². The van der Waals surface area contributed by atoms with Gasteiger partial charge < -0.3 is 20.3 Å². The van der Waals surface area contributed by atoms with Crippen molar-refractivity contribution in [1.82, 2.24) is 20.2 Å². The van der Waals surface area contributed by atoms with Gasteiger partial charge in [-0.2, -0.15) is 0 Å². The molecule has 1 aliphatic rings. The number of amides is 2. The van der Waals surface area contributed by atoms with Crippen LogP contribution >= 0.6 is 11.3 Å². The molecule has 0 spiro atoms. The number of hydrogen-bond donors (Lipinski definition) is 2. The molecule has 28 heavy (non-hydrogen) atoms. The van der Waals surface area contributed by atoms with Crippen molar-refractivity contribution in [2.24, 2.45) is 0 Å². The number of thiophene rings is 1. The molecule has 9 heteroatoms. The van der Waals surface area contributed by atoms with Crippen LogP contribution in [0.4, 0.5) is 10.6 Å². The van der Waals surface area contributed by atoms with Crippen molar-refractivity contribution < 1.29 is 14.3 Å². The van der Waals surface area contributed by atoms with Gasteiger partial charge in [0.2, 0.25) is 5.91 Å². The van der Waals surface area contributed by atoms with Crippen LogP contribution in [-0.2, 0) is 9.53 Å². The maximum Gasteiger partial charge on any atom is 0.409 e. The lowest BCUT2D eigenvalue weighted by Crippen LogP contribution is -2.47. The molecule has 3 heterocycles. The van der Waals surface area contributed by atoms with E-state index < -0.39 is 0 Å². The van der Waals surface area contributed by atoms with Crippen molar-refractivity contribution >= 4 is 39.4 Å². The van der Waals surface area contributed by atoms with E-state index in [9.17, 15) is 9.59 Å². The van der Waals surface area contributed by atoms with Crippen LogP contribution < -0.4 is 10.6 Å². The molecule has 2 aromatic heterocycles. The summed E-state index contributed by atoms with van der Waals surface area (Å²) in [5.74, 6) is 1.31. The summed E-state index contributed by atoms with van der Waals surface area (Å²) < 4.78 is 5.02. The first kappa shape index (κ1) is 20.3. The summed E-state index contributed by atoms with van der Waals surface area (Å²) in [6.45, 7) is 9.48. The van der Waals surface area contributed by atoms with Gasteiger partial charge in [-0.3, -0.25) is 4.79 Å². The van der Waals surface area contributed by atoms with Crippen molar-refractivity contribution in [3.05, 3.63) is 16.3 Å². The van der Waals surface area contributed by atoms with Gasteiger partial charge >= 0.3 is 6.09 Å². The van der Waals surface area contributed by atoms with E-state index in [-0.39, 0.29) is 24.6 Å². The first-order valence-corrected chi connectivity index (χ1v) is 10.4. The third kappa shape index (κ3) is 4.52. The van der Waals surface area contributed by atoms with Crippen molar-refractivity contribution in [1.29, 1.82) is 0 Å². The number of nitrogens with zero attached hydrogens (tertiary/aromatic N) is 3. The Labute approximate surface area is 168 Å². The zero-order valence-corrected chi connectivity index (χ0v) is 17.6. The van der Waals surface area contributed by atoms with Gasteiger partial charge in [-0.15, -0.1) is 11.3 Å². The number of rotatable bonds is 5. The number of fused-ring (bicyclic) bond motifs is 1. The Bertz CT molecular complexity index is 874. The van der Waals surface area contributed by atoms with Crippen molar-refractivity contribution in [3.63, 3.8) is 0 Å². The van der Waals surface area contributed by atoms with Crippen LogP contribution in [-0.4, -0.2) is 59.2 Å². The molecule has 2 amide bonds. The molecule has 0 atom stereocenters. The quantitative estimate of drug-likeness (QED) is 0.794. The predicted molar refractivity (Wildman–Crippen MR) is 110 cm³/mol. The van der Waals surface area contributed by atoms with Crippen LogP contribution in [0, 0.1) is 20.8 Å². The molecule has 3 rings (SSSR count). The Balaban J connectivity index is 1.54. The lowest BCUT2D eigenvalue weighted by Gasteiger charge is -2.31. The Morgan fingerprint density at radius 2 is 1.93 bits per heavy atom. The molecule has 1 saturated heterocycles. The Kier molecular flexibility index (Phi) is 6.33. The monoisotopic (exact) mass is 405 g/mol. The van der Waals surface area contributed by atoms with Gasteiger partial charge in [-0.05, 0) is 46.1 Å². The minimum Gasteiger partial charge on any atom is -0.450 e. The maximum atomic E-state index is 12.4. The fourth-order valence-electron chi connectivity index (χ4n) is 3.35. The average Bonchev–Trinajstić information content (AvgIpc) is 2.94. The first-order chi connectivity index (χ1) is 13.4. The van der Waals surface area contributed by atoms with Crippen LogP contribution in [0.25, 0.3) is 10.2 Å². The average molecular weight is 406 g/mol. The van der Waals surface area contributed by atoms with E-state index in [4.69, 9.17) is 4.74 Å². The number of hydrogen-bond acceptors (Lipinski definition) is 7. The summed E-state index contributed by atoms with van der Waals surface area (Å²) >= 11 is 1.64. The lowest BCUT2D eigenvalue weighted by molar-refractivity contribution is -0.120. The molecule has 8 nitrogen and oxygen atoms in total. The van der Waals surface area contributed by atoms with Crippen molar-refractivity contribution in [2.45, 2.75) is 46.6 Å². The van der Waals surface area contributed by atoms with Gasteiger partial charge in [0.05, 0.1) is 18.5 Å². The van der Waals surface area contributed by atoms with E-state index in [2.05, 4.69) is 34.4 Å². The van der Waals surface area contributed by atoms with E-state index in [0.29, 0.717) is 31.3 Å². The van der Waals surface area contributed by atoms with Gasteiger partial charge in [0.15, 0.2) is 0 Å². The highest BCUT2D eigenvalue weighted by Gasteiger charge is 2.24. The minimum atomic E-state index is -0.279. The maximum absolute atomic E-state index is 12.4. The molecule has 2 aromatic rings. The van der Waals surface area contributed by atoms with Gasteiger partial charge in [-0.25, -0.2) is 14.8 Å². The lowest BCUT2D eigenvalue weighted by atomic mass is 10.1. The van der Waals surface area contributed by atoms with Gasteiger partial charge in [-0.1, -0.05) is 0 Å². The van der Waals surface area contributed by atoms with Crippen LogP contribution in [0.3, 0.4) is 0 Å². The Morgan fingerprint density at radius 3 is 2.61 bits per heavy atom. The SMILES string of the molecule is CCOC(=O)N1CCC(NC(=O)CNc2nc(C)nc3sc(C)c(C)c23)CC1. The third-order valence-electron chi connectivity index (χ3n) is 4.94. The van der Waals surface area contributed by atoms with Gasteiger partial charge in [0.1, 0.15) is 16.5 Å². The predicted octanol–water partition coefficient (Wildman–Crippen LogP) is 2.77. The molecule has 0 saturated carbocycles. The number of piperidine rings is 1. The van der Waals surface area contributed by atoms with Crippen LogP contribution in [0.2, 0.25) is 0 Å². The van der Waals surface area contributed by atoms with E-state index in [1.165, 1.54) is 4.88 Å². The van der Waals surface area contributed by atoms with Crippen LogP contribution in [0.15, 0.2) is 0 Å². The van der Waals surface area contributed by atoms with Gasteiger partial charge in [0, 0.05) is 24.0 Å². The highest BCUT2D eigenvalue weighted by molar-refractivity contribution is 7.18. The number of anilines is 1. The second kappa shape index (κ2) is 8.72. The first-order valence-electron chi connectivity index (χ1n) is 9.58. The summed E-state index contributed by atoms with van der Waals surface area (Å²) in [6, 6.07) is 0.0669. The van der Waals surface area contributed by atoms with Gasteiger partial charge in [0.25, 0.3) is 0 Å². The van der Waals surface area contributed by atoms with E-state index >= 15 is 0 Å². The second-order valence-corrected chi connectivity index (χ2v) is 8.17. The smallest absolute Gasteiger partial charge is 0.409 e. The third-order valence-corrected chi connectivity index (χ3v) is 6.04. The fourth-order valence-corrected chi connectivity index (χ4v) is 4.42. The van der Waals surface area contributed by atoms with Crippen LogP contribution in [0.1, 0.15) is 36.0 Å². The molecule has 0 bridgehead atoms. The number of aromatic nitrogens is 2. The molecule has 0 aromatic carbocycles. The minimum absolute atomic E-state index is 0.0669. The number of ether oxygens (including phenoxy) is 1. The topological polar surface area (TPSA) is 96.5 Å². The molecule has 0 aliphatic carbocycles. The number of likely N-dealkylation sites (tertiary alicyclic amines) is 1. The highest BCUT2D eigenvalue weighted by atomic mass is 32.1. The molecule has 1 fully saturated rings. The van der Waals surface area contributed by atoms with Crippen molar-refractivity contribution in [2.75, 3.05) is 31.6 Å². The molecule has 0 unspecified atom stereocenters. The van der Waals surface area contributed by atoms with E-state index in [1.807, 2.05) is 6.92 Å². The second-order valence-electron chi connectivity index (χ2n) is 6.96. The summed E-state index contributed by atoms with van der Waals surface area (Å²) in [5, 5.41) is 7.21. The highest BCUT2D eigenvalue weighted by Crippen LogP contribution is 2.33. The summed E-state index contributed by atoms with van der Waals surface area (Å²) in [5.41, 5.74) is 1.15. The molecule has 152 valence electrons. The number of carbonyl (C=O) groups is 2. The Hall–Kier alpha value is -2.42. The Morgan fingerprint density at radius 1 is 1.21 bits per heavy atom. The zero-order chi connectivity index (χ0) is 20.3. The summed E-state index contributed by atoms with van der Waals surface area (Å²) in [6.07, 6.45) is 1.17. The zero-order valence-electron chi connectivity index (χ0n) is 16.8. The normalized spacial score (nSPS) is 14.9. The number of carbonyl (C=O) groups excluding carboxylic acids is 2. The largest absolute Gasteiger partial charge is 0.450 e. The fraction of sp³-hybridized carbons (Fsp3) is 0.579. The summed E-state index contributed by atoms with van der Waals surface area (Å²) in [4.78, 5) is 37.0. The van der Waals surface area contributed by atoms with Crippen LogP contribution in [0.5, 0.6) is 0 Å². The molecule has 2 N–H and O–H groups in total. The van der Waals surface area contributed by atoms with E-state index in [1.54, 1.807) is 23.2 Å². The van der Waals surface area contributed by atoms with E-state index in [0.717, 1.165) is 28.6 Å². The standard InChI is InChI=1S/C19H27N5O3S/c1-5-27-19(26)24-8-6-14(7-9-24)23-15(25)10-20-17-16-11(2)12(3)28-18(16)22-13(4)21-17/h14H,5-10H2,1-4H3,(H,23,25)(H,20,21,22). The molecular weight excluding hydrogens is 378 g/mol. The molecule has 0 radical (unpaired) electrons. The molecular formula is C19H27N5O3S. The number of nitrogens with one attached hydrogen (secondary N) is 2.